The molecule has 0 spiro atoms. The molecule has 2 N–H and O–H groups in total. The second-order valence-corrected chi connectivity index (χ2v) is 4.98. The van der Waals surface area contributed by atoms with Gasteiger partial charge in [-0.3, -0.25) is 0 Å². The van der Waals surface area contributed by atoms with Gasteiger partial charge in [0.15, 0.2) is 0 Å². The second kappa shape index (κ2) is 5.28. The molecule has 3 nitrogen and oxygen atoms in total. The van der Waals surface area contributed by atoms with Crippen LogP contribution in [-0.4, -0.2) is 36.0 Å². The molecule has 1 fully saturated rings. The smallest absolute Gasteiger partial charge is 0.0820 e. The zero-order valence-corrected chi connectivity index (χ0v) is 10.3. The van der Waals surface area contributed by atoms with E-state index in [-0.39, 0.29) is 5.60 Å². The Labute approximate surface area is 93.2 Å². The van der Waals surface area contributed by atoms with Crippen molar-refractivity contribution in [1.29, 1.82) is 0 Å². The SMILES string of the molecule is CCCNCC1(O)CCOC(C)(CC)C1. The highest BCUT2D eigenvalue weighted by atomic mass is 16.5. The molecule has 2 unspecified atom stereocenters. The first-order chi connectivity index (χ1) is 7.04. The van der Waals surface area contributed by atoms with E-state index in [4.69, 9.17) is 4.74 Å². The Morgan fingerprint density at radius 2 is 2.13 bits per heavy atom. The normalized spacial score (nSPS) is 36.8. The number of nitrogens with one attached hydrogen (secondary N) is 1. The van der Waals surface area contributed by atoms with Crippen LogP contribution in [0, 0.1) is 0 Å². The monoisotopic (exact) mass is 215 g/mol. The summed E-state index contributed by atoms with van der Waals surface area (Å²) in [6.07, 6.45) is 3.56. The lowest BCUT2D eigenvalue weighted by Crippen LogP contribution is -2.52. The maximum absolute atomic E-state index is 10.4. The zero-order chi connectivity index (χ0) is 11.4. The topological polar surface area (TPSA) is 41.5 Å². The van der Waals surface area contributed by atoms with Gasteiger partial charge in [-0.15, -0.1) is 0 Å². The predicted molar refractivity (Wildman–Crippen MR) is 62.0 cm³/mol. The summed E-state index contributed by atoms with van der Waals surface area (Å²) < 4.78 is 5.73. The highest BCUT2D eigenvalue weighted by Gasteiger charge is 2.40. The van der Waals surface area contributed by atoms with Crippen molar-refractivity contribution in [1.82, 2.24) is 5.32 Å². The molecule has 1 heterocycles. The van der Waals surface area contributed by atoms with E-state index in [1.54, 1.807) is 0 Å². The Hall–Kier alpha value is -0.120. The van der Waals surface area contributed by atoms with Crippen LogP contribution >= 0.6 is 0 Å². The molecule has 0 aromatic heterocycles. The van der Waals surface area contributed by atoms with E-state index in [2.05, 4.69) is 26.1 Å². The highest BCUT2D eigenvalue weighted by Crippen LogP contribution is 2.33. The summed E-state index contributed by atoms with van der Waals surface area (Å²) in [6.45, 7) is 8.69. The molecule has 15 heavy (non-hydrogen) atoms. The molecule has 1 aliphatic heterocycles. The molecule has 1 rings (SSSR count). The molecule has 1 aliphatic rings. The molecule has 0 aromatic carbocycles. The molecular weight excluding hydrogens is 190 g/mol. The Balaban J connectivity index is 2.45. The summed E-state index contributed by atoms with van der Waals surface area (Å²) in [4.78, 5) is 0. The fourth-order valence-electron chi connectivity index (χ4n) is 2.20. The van der Waals surface area contributed by atoms with Crippen LogP contribution in [0.2, 0.25) is 0 Å². The molecule has 0 radical (unpaired) electrons. The van der Waals surface area contributed by atoms with Crippen LogP contribution in [0.3, 0.4) is 0 Å². The fourth-order valence-corrected chi connectivity index (χ4v) is 2.20. The molecule has 0 amide bonds. The third-order valence-electron chi connectivity index (χ3n) is 3.35. The summed E-state index contributed by atoms with van der Waals surface area (Å²) in [5.41, 5.74) is -0.709. The van der Waals surface area contributed by atoms with Gasteiger partial charge in [0, 0.05) is 19.4 Å². The van der Waals surface area contributed by atoms with Crippen molar-refractivity contribution in [2.45, 2.75) is 57.7 Å². The summed E-state index contributed by atoms with van der Waals surface area (Å²) in [5.74, 6) is 0. The van der Waals surface area contributed by atoms with Crippen molar-refractivity contribution in [3.63, 3.8) is 0 Å². The lowest BCUT2D eigenvalue weighted by Gasteiger charge is -2.43. The minimum Gasteiger partial charge on any atom is -0.388 e. The lowest BCUT2D eigenvalue weighted by molar-refractivity contribution is -0.151. The average molecular weight is 215 g/mol. The van der Waals surface area contributed by atoms with Crippen molar-refractivity contribution < 1.29 is 9.84 Å². The van der Waals surface area contributed by atoms with Gasteiger partial charge in [-0.1, -0.05) is 13.8 Å². The first-order valence-electron chi connectivity index (χ1n) is 6.11. The Morgan fingerprint density at radius 3 is 2.73 bits per heavy atom. The Bertz CT molecular complexity index is 198. The van der Waals surface area contributed by atoms with Gasteiger partial charge in [-0.05, 0) is 26.3 Å². The highest BCUT2D eigenvalue weighted by molar-refractivity contribution is 4.93. The summed E-state index contributed by atoms with van der Waals surface area (Å²) in [5, 5.41) is 13.7. The maximum atomic E-state index is 10.4. The molecule has 3 heteroatoms. The summed E-state index contributed by atoms with van der Waals surface area (Å²) in [6, 6.07) is 0. The van der Waals surface area contributed by atoms with Crippen molar-refractivity contribution in [2.75, 3.05) is 19.7 Å². The fraction of sp³-hybridized carbons (Fsp3) is 1.00. The van der Waals surface area contributed by atoms with Gasteiger partial charge in [0.05, 0.1) is 17.8 Å². The molecule has 0 bridgehead atoms. The third kappa shape index (κ3) is 3.74. The number of aliphatic hydroxyl groups is 1. The van der Waals surface area contributed by atoms with E-state index < -0.39 is 5.60 Å². The van der Waals surface area contributed by atoms with Crippen LogP contribution in [-0.2, 0) is 4.74 Å². The van der Waals surface area contributed by atoms with E-state index >= 15 is 0 Å². The second-order valence-electron chi connectivity index (χ2n) is 4.98. The average Bonchev–Trinajstić information content (AvgIpc) is 2.18. The minimum atomic E-state index is -0.571. The quantitative estimate of drug-likeness (QED) is 0.686. The molecule has 90 valence electrons. The van der Waals surface area contributed by atoms with Gasteiger partial charge in [-0.25, -0.2) is 0 Å². The van der Waals surface area contributed by atoms with Crippen LogP contribution in [0.25, 0.3) is 0 Å². The maximum Gasteiger partial charge on any atom is 0.0820 e. The summed E-state index contributed by atoms with van der Waals surface area (Å²) in [7, 11) is 0. The number of hydrogen-bond donors (Lipinski definition) is 2. The molecular formula is C12H25NO2. The zero-order valence-electron chi connectivity index (χ0n) is 10.3. The predicted octanol–water partition coefficient (Wildman–Crippen LogP) is 1.70. The van der Waals surface area contributed by atoms with Crippen LogP contribution in [0.4, 0.5) is 0 Å². The molecule has 0 aromatic rings. The van der Waals surface area contributed by atoms with Crippen molar-refractivity contribution in [3.8, 4) is 0 Å². The largest absolute Gasteiger partial charge is 0.388 e. The van der Waals surface area contributed by atoms with Gasteiger partial charge < -0.3 is 15.2 Å². The van der Waals surface area contributed by atoms with E-state index in [1.165, 1.54) is 0 Å². The number of rotatable bonds is 5. The molecule has 0 saturated carbocycles. The van der Waals surface area contributed by atoms with Crippen molar-refractivity contribution in [3.05, 3.63) is 0 Å². The molecule has 2 atom stereocenters. The van der Waals surface area contributed by atoms with Gasteiger partial charge in [0.25, 0.3) is 0 Å². The lowest BCUT2D eigenvalue weighted by atomic mass is 9.82. The van der Waals surface area contributed by atoms with Crippen molar-refractivity contribution >= 4 is 0 Å². The van der Waals surface area contributed by atoms with Crippen LogP contribution < -0.4 is 5.32 Å². The Morgan fingerprint density at radius 1 is 1.40 bits per heavy atom. The van der Waals surface area contributed by atoms with Gasteiger partial charge in [0.1, 0.15) is 0 Å². The standard InChI is InChI=1S/C12H25NO2/c1-4-7-13-10-12(14)6-8-15-11(3,5-2)9-12/h13-14H,4-10H2,1-3H3. The van der Waals surface area contributed by atoms with Crippen LogP contribution in [0.15, 0.2) is 0 Å². The van der Waals surface area contributed by atoms with E-state index in [0.29, 0.717) is 13.2 Å². The third-order valence-corrected chi connectivity index (χ3v) is 3.35. The first-order valence-corrected chi connectivity index (χ1v) is 6.11. The van der Waals surface area contributed by atoms with Gasteiger partial charge in [-0.2, -0.15) is 0 Å². The van der Waals surface area contributed by atoms with Crippen LogP contribution in [0.1, 0.15) is 46.5 Å². The van der Waals surface area contributed by atoms with Gasteiger partial charge in [0.2, 0.25) is 0 Å². The number of hydrogen-bond acceptors (Lipinski definition) is 3. The van der Waals surface area contributed by atoms with E-state index in [9.17, 15) is 5.11 Å². The summed E-state index contributed by atoms with van der Waals surface area (Å²) >= 11 is 0. The molecule has 0 aliphatic carbocycles. The number of ether oxygens (including phenoxy) is 1. The van der Waals surface area contributed by atoms with Gasteiger partial charge >= 0.3 is 0 Å². The minimum absolute atomic E-state index is 0.138. The van der Waals surface area contributed by atoms with E-state index in [0.717, 1.165) is 32.2 Å². The molecule has 1 saturated heterocycles. The van der Waals surface area contributed by atoms with E-state index in [1.807, 2.05) is 0 Å². The van der Waals surface area contributed by atoms with Crippen molar-refractivity contribution in [2.24, 2.45) is 0 Å². The van der Waals surface area contributed by atoms with Crippen LogP contribution in [0.5, 0.6) is 0 Å². The first kappa shape index (κ1) is 12.9. The Kier molecular flexibility index (Phi) is 4.56.